The maximum atomic E-state index is 2.72. The minimum atomic E-state index is 0.289. The van der Waals surface area contributed by atoms with Crippen LogP contribution < -0.4 is 9.80 Å². The molecule has 0 N–H and O–H groups in total. The van der Waals surface area contributed by atoms with Gasteiger partial charge in [0.05, 0.1) is 0 Å². The Morgan fingerprint density at radius 1 is 0.742 bits per heavy atom. The Bertz CT molecular complexity index is 1020. The maximum absolute atomic E-state index is 2.72. The van der Waals surface area contributed by atoms with Crippen LogP contribution in [0.3, 0.4) is 0 Å². The molecule has 31 heavy (non-hydrogen) atoms. The van der Waals surface area contributed by atoms with Crippen LogP contribution in [0.4, 0.5) is 11.4 Å². The molecule has 0 saturated carbocycles. The normalized spacial score (nSPS) is 18.4. The first-order valence-corrected chi connectivity index (χ1v) is 12.0. The van der Waals surface area contributed by atoms with Crippen LogP contribution in [-0.4, -0.2) is 17.7 Å². The fourth-order valence-electron chi connectivity index (χ4n) is 5.39. The zero-order valence-electron chi connectivity index (χ0n) is 19.4. The fourth-order valence-corrected chi connectivity index (χ4v) is 5.89. The molecular weight excluding hydrogens is 465 g/mol. The topological polar surface area (TPSA) is 6.48 Å². The summed E-state index contributed by atoms with van der Waals surface area (Å²) in [5.41, 5.74) is 12.1. The van der Waals surface area contributed by atoms with Crippen LogP contribution in [0.2, 0.25) is 0 Å². The first-order valence-electron chi connectivity index (χ1n) is 11.0. The summed E-state index contributed by atoms with van der Waals surface area (Å²) in [7, 11) is 0. The number of benzene rings is 2. The Morgan fingerprint density at radius 3 is 1.61 bits per heavy atom. The van der Waals surface area contributed by atoms with Gasteiger partial charge in [-0.1, -0.05) is 0 Å². The van der Waals surface area contributed by atoms with Crippen LogP contribution in [0.15, 0.2) is 60.0 Å². The van der Waals surface area contributed by atoms with E-state index in [0.717, 1.165) is 13.1 Å². The van der Waals surface area contributed by atoms with Crippen molar-refractivity contribution in [2.45, 2.75) is 41.5 Å². The minimum absolute atomic E-state index is 0.289. The zero-order valence-corrected chi connectivity index (χ0v) is 21.2. The van der Waals surface area contributed by atoms with Crippen LogP contribution in [0.5, 0.6) is 0 Å². The van der Waals surface area contributed by atoms with E-state index in [1.165, 1.54) is 56.1 Å². The van der Waals surface area contributed by atoms with Crippen LogP contribution >= 0.6 is 0 Å². The number of rotatable bonds is 3. The van der Waals surface area contributed by atoms with Gasteiger partial charge in [0.25, 0.3) is 0 Å². The van der Waals surface area contributed by atoms with E-state index in [0.29, 0.717) is 0 Å². The van der Waals surface area contributed by atoms with Crippen molar-refractivity contribution < 1.29 is 17.9 Å². The average Bonchev–Trinajstić information content (AvgIpc) is 3.10. The van der Waals surface area contributed by atoms with Crippen molar-refractivity contribution in [3.63, 3.8) is 0 Å². The molecule has 2 aliphatic rings. The van der Waals surface area contributed by atoms with E-state index >= 15 is 0 Å². The van der Waals surface area contributed by atoms with Gasteiger partial charge in [0.15, 0.2) is 0 Å². The van der Waals surface area contributed by atoms with Crippen molar-refractivity contribution in [2.75, 3.05) is 22.9 Å². The Kier molecular flexibility index (Phi) is 6.17. The van der Waals surface area contributed by atoms with Crippen molar-refractivity contribution in [3.8, 4) is 0 Å². The van der Waals surface area contributed by atoms with Gasteiger partial charge in [0.2, 0.25) is 0 Å². The molecule has 4 rings (SSSR count). The molecule has 1 aliphatic heterocycles. The number of hydrogen-bond donors (Lipinski definition) is 0. The van der Waals surface area contributed by atoms with E-state index in [1.807, 2.05) is 0 Å². The second-order valence-electron chi connectivity index (χ2n) is 8.96. The fraction of sp³-hybridized carbons (Fsp3) is 0.321. The first-order chi connectivity index (χ1) is 14.8. The van der Waals surface area contributed by atoms with Gasteiger partial charge >= 0.3 is 198 Å². The van der Waals surface area contributed by atoms with Gasteiger partial charge < -0.3 is 0 Å². The summed E-state index contributed by atoms with van der Waals surface area (Å²) in [5.74, 6) is 1.60. The molecule has 0 radical (unpaired) electrons. The van der Waals surface area contributed by atoms with Gasteiger partial charge in [-0.25, -0.2) is 0 Å². The van der Waals surface area contributed by atoms with Gasteiger partial charge in [0.1, 0.15) is 0 Å². The van der Waals surface area contributed by atoms with Crippen LogP contribution in [0.1, 0.15) is 33.4 Å². The molecule has 1 unspecified atom stereocenters. The molecule has 162 valence electrons. The molecule has 2 aromatic rings. The third-order valence-corrected chi connectivity index (χ3v) is 6.94. The van der Waals surface area contributed by atoms with Crippen molar-refractivity contribution in [1.29, 1.82) is 0 Å². The number of hydrogen-bond acceptors (Lipinski definition) is 2. The Balaban J connectivity index is 1.96. The number of anilines is 2. The molecule has 1 atom stereocenters. The molecule has 2 aromatic carbocycles. The van der Waals surface area contributed by atoms with E-state index < -0.39 is 0 Å². The number of nitrogens with zero attached hydrogens (tertiary/aromatic N) is 2. The molecule has 0 spiro atoms. The van der Waals surface area contributed by atoms with Crippen LogP contribution in [0.25, 0.3) is 0 Å². The molecular formula is C28H32N2Ru. The van der Waals surface area contributed by atoms with Crippen LogP contribution in [0, 0.1) is 47.5 Å². The predicted molar refractivity (Wildman–Crippen MR) is 131 cm³/mol. The molecule has 0 aromatic heterocycles. The van der Waals surface area contributed by atoms with E-state index in [1.54, 1.807) is 0 Å². The average molecular weight is 498 g/mol. The van der Waals surface area contributed by atoms with Crippen LogP contribution in [-0.2, 0) is 17.9 Å². The first kappa shape index (κ1) is 22.0. The second-order valence-corrected chi connectivity index (χ2v) is 9.54. The Labute approximate surface area is 197 Å². The molecule has 1 aliphatic carbocycles. The molecule has 3 heteroatoms. The summed E-state index contributed by atoms with van der Waals surface area (Å²) in [4.78, 5) is 5.12. The van der Waals surface area contributed by atoms with Crippen molar-refractivity contribution in [2.24, 2.45) is 5.92 Å². The van der Waals surface area contributed by atoms with Gasteiger partial charge in [0, 0.05) is 0 Å². The predicted octanol–water partition coefficient (Wildman–Crippen LogP) is 6.17. The van der Waals surface area contributed by atoms with Crippen molar-refractivity contribution in [3.05, 3.63) is 93.3 Å². The van der Waals surface area contributed by atoms with Gasteiger partial charge in [-0.15, -0.1) is 0 Å². The molecule has 1 fully saturated rings. The van der Waals surface area contributed by atoms with E-state index in [2.05, 4.69) is 122 Å². The Morgan fingerprint density at radius 2 is 1.19 bits per heavy atom. The molecule has 1 saturated heterocycles. The quantitative estimate of drug-likeness (QED) is 0.468. The van der Waals surface area contributed by atoms with E-state index in [9.17, 15) is 0 Å². The number of allylic oxidation sites excluding steroid dienone is 5. The summed E-state index contributed by atoms with van der Waals surface area (Å²) in [6.45, 7) is 15.3. The second kappa shape index (κ2) is 8.71. The SMILES string of the molecule is Cc1cc(C)c(N2CCN(c3c(C)cc(C)cc3C)C2=C2C=CC=CC2[CH]=[Ru])c(C)c1. The molecule has 0 bridgehead atoms. The number of aryl methyl sites for hydroxylation is 6. The van der Waals surface area contributed by atoms with E-state index in [4.69, 9.17) is 0 Å². The molecule has 1 heterocycles. The third kappa shape index (κ3) is 4.01. The van der Waals surface area contributed by atoms with E-state index in [-0.39, 0.29) is 5.92 Å². The third-order valence-electron chi connectivity index (χ3n) is 6.32. The molecule has 0 amide bonds. The molecule has 2 nitrogen and oxygen atoms in total. The summed E-state index contributed by atoms with van der Waals surface area (Å²) in [5, 5.41) is 0. The standard InChI is InChI=1S/C28H32N2.Ru/c1-18-14-21(4)26(22(5)15-18)29-12-13-30(27-23(6)16-19(2)17-24(27)7)28(29)25-11-9-8-10-20(25)3;/h3,8-11,14-17,20H,12-13H2,1-2,4-7H3;. The van der Waals surface area contributed by atoms with Crippen molar-refractivity contribution >= 4 is 16.0 Å². The summed E-state index contributed by atoms with van der Waals surface area (Å²) < 4.78 is 2.24. The monoisotopic (exact) mass is 498 g/mol. The summed E-state index contributed by atoms with van der Waals surface area (Å²) in [6, 6.07) is 9.25. The van der Waals surface area contributed by atoms with Gasteiger partial charge in [-0.2, -0.15) is 0 Å². The van der Waals surface area contributed by atoms with Gasteiger partial charge in [-0.05, 0) is 0 Å². The zero-order chi connectivity index (χ0) is 22.3. The summed E-state index contributed by atoms with van der Waals surface area (Å²) in [6.07, 6.45) is 8.92. The van der Waals surface area contributed by atoms with Gasteiger partial charge in [-0.3, -0.25) is 0 Å². The Hall–Kier alpha value is -2.25. The van der Waals surface area contributed by atoms with Crippen molar-refractivity contribution in [1.82, 2.24) is 0 Å². The summed E-state index contributed by atoms with van der Waals surface area (Å²) >= 11 is 2.72.